The van der Waals surface area contributed by atoms with Crippen molar-refractivity contribution in [3.63, 3.8) is 0 Å². The highest BCUT2D eigenvalue weighted by atomic mass is 19.3. The molecule has 1 amide bonds. The number of carbonyl (C=O) groups is 2. The summed E-state index contributed by atoms with van der Waals surface area (Å²) in [6.45, 7) is 10.3. The standard InChI is InChI=1S/C28H36F2N2O4/c1-18-23(28(36-25(18)34)9-11-31(12-10-28)21-7-13-35-14-8-21)24(33)32-16-19-15-20(27(4,29)30)5-6-22(19)26(2,3)17-32/h5-6,15,21H,7-14,16-17H2,1-4H3. The van der Waals surface area contributed by atoms with Crippen LogP contribution in [0.4, 0.5) is 8.78 Å². The van der Waals surface area contributed by atoms with Crippen molar-refractivity contribution in [1.29, 1.82) is 0 Å². The van der Waals surface area contributed by atoms with Crippen LogP contribution in [0.1, 0.15) is 70.1 Å². The highest BCUT2D eigenvalue weighted by Crippen LogP contribution is 2.44. The van der Waals surface area contributed by atoms with E-state index in [1.54, 1.807) is 17.9 Å². The Bertz CT molecular complexity index is 1090. The van der Waals surface area contributed by atoms with Gasteiger partial charge in [0.15, 0.2) is 0 Å². The Morgan fingerprint density at radius 2 is 1.81 bits per heavy atom. The van der Waals surface area contributed by atoms with Crippen LogP contribution in [0.15, 0.2) is 29.3 Å². The summed E-state index contributed by atoms with van der Waals surface area (Å²) in [5.74, 6) is -3.61. The Morgan fingerprint density at radius 1 is 1.14 bits per heavy atom. The molecular formula is C28H36F2N2O4. The molecule has 0 radical (unpaired) electrons. The van der Waals surface area contributed by atoms with Crippen LogP contribution in [0.2, 0.25) is 0 Å². The van der Waals surface area contributed by atoms with Crippen LogP contribution in [0, 0.1) is 0 Å². The summed E-state index contributed by atoms with van der Waals surface area (Å²) < 4.78 is 39.6. The number of alkyl halides is 2. The van der Waals surface area contributed by atoms with Gasteiger partial charge in [0.25, 0.3) is 11.8 Å². The molecule has 0 aromatic heterocycles. The highest BCUT2D eigenvalue weighted by molar-refractivity contribution is 6.07. The zero-order valence-electron chi connectivity index (χ0n) is 21.7. The van der Waals surface area contributed by atoms with Crippen LogP contribution in [0.5, 0.6) is 0 Å². The Morgan fingerprint density at radius 3 is 2.44 bits per heavy atom. The maximum atomic E-state index is 14.1. The molecule has 1 spiro atoms. The normalized spacial score (nSPS) is 24.7. The largest absolute Gasteiger partial charge is 0.450 e. The average molecular weight is 503 g/mol. The van der Waals surface area contributed by atoms with E-state index in [1.165, 1.54) is 12.1 Å². The Labute approximate surface area is 211 Å². The Balaban J connectivity index is 1.40. The van der Waals surface area contributed by atoms with E-state index in [0.717, 1.165) is 57.2 Å². The fraction of sp³-hybridized carbons (Fsp3) is 0.643. The molecule has 0 atom stereocenters. The van der Waals surface area contributed by atoms with Crippen LogP contribution in [-0.2, 0) is 36.9 Å². The van der Waals surface area contributed by atoms with Crippen molar-refractivity contribution in [1.82, 2.24) is 9.80 Å². The number of ether oxygens (including phenoxy) is 2. The van der Waals surface area contributed by atoms with E-state index in [1.807, 2.05) is 13.8 Å². The summed E-state index contributed by atoms with van der Waals surface area (Å²) in [6, 6.07) is 5.23. The first-order valence-corrected chi connectivity index (χ1v) is 13.0. The van der Waals surface area contributed by atoms with Gasteiger partial charge in [-0.3, -0.25) is 9.69 Å². The van der Waals surface area contributed by atoms with Crippen LogP contribution >= 0.6 is 0 Å². The lowest BCUT2D eigenvalue weighted by atomic mass is 9.76. The third-order valence-corrected chi connectivity index (χ3v) is 8.53. The van der Waals surface area contributed by atoms with Gasteiger partial charge in [0.2, 0.25) is 0 Å². The molecule has 2 fully saturated rings. The predicted molar refractivity (Wildman–Crippen MR) is 131 cm³/mol. The molecule has 0 aliphatic carbocycles. The summed E-state index contributed by atoms with van der Waals surface area (Å²) in [4.78, 5) is 30.9. The summed E-state index contributed by atoms with van der Waals surface area (Å²) in [7, 11) is 0. The van der Waals surface area contributed by atoms with Crippen molar-refractivity contribution in [2.75, 3.05) is 32.8 Å². The molecule has 4 aliphatic heterocycles. The van der Waals surface area contributed by atoms with Crippen LogP contribution in [-0.4, -0.2) is 66.2 Å². The number of carbonyl (C=O) groups excluding carboxylic acids is 2. The molecule has 1 aromatic carbocycles. The van der Waals surface area contributed by atoms with Gasteiger partial charge in [0.1, 0.15) is 5.60 Å². The predicted octanol–water partition coefficient (Wildman–Crippen LogP) is 4.31. The van der Waals surface area contributed by atoms with Gasteiger partial charge in [-0.25, -0.2) is 13.6 Å². The highest BCUT2D eigenvalue weighted by Gasteiger charge is 2.53. The minimum absolute atomic E-state index is 0.0573. The lowest BCUT2D eigenvalue weighted by Crippen LogP contribution is -2.53. The Kier molecular flexibility index (Phi) is 6.27. The number of esters is 1. The first-order valence-electron chi connectivity index (χ1n) is 13.0. The number of benzene rings is 1. The second-order valence-corrected chi connectivity index (χ2v) is 11.6. The first-order chi connectivity index (χ1) is 16.9. The summed E-state index contributed by atoms with van der Waals surface area (Å²) in [6.07, 6.45) is 3.14. The lowest BCUT2D eigenvalue weighted by Gasteiger charge is -2.45. The minimum atomic E-state index is -2.96. The molecule has 8 heteroatoms. The lowest BCUT2D eigenvalue weighted by molar-refractivity contribution is -0.152. The molecule has 4 aliphatic rings. The molecule has 36 heavy (non-hydrogen) atoms. The van der Waals surface area contributed by atoms with Crippen molar-refractivity contribution in [3.8, 4) is 0 Å². The zero-order valence-corrected chi connectivity index (χ0v) is 21.7. The number of hydrogen-bond acceptors (Lipinski definition) is 5. The zero-order chi connectivity index (χ0) is 25.9. The second-order valence-electron chi connectivity index (χ2n) is 11.6. The molecule has 6 nitrogen and oxygen atoms in total. The number of piperidine rings is 1. The SMILES string of the molecule is CC1=C(C(=O)N2Cc3cc(C(C)(F)F)ccc3C(C)(C)C2)C2(CCN(C3CCOCC3)CC2)OC1=O. The van der Waals surface area contributed by atoms with E-state index >= 15 is 0 Å². The topological polar surface area (TPSA) is 59.1 Å². The quantitative estimate of drug-likeness (QED) is 0.577. The molecule has 0 N–H and O–H groups in total. The maximum Gasteiger partial charge on any atom is 0.335 e. The van der Waals surface area contributed by atoms with Crippen LogP contribution in [0.25, 0.3) is 0 Å². The smallest absolute Gasteiger partial charge is 0.335 e. The fourth-order valence-electron chi connectivity index (χ4n) is 6.54. The van der Waals surface area contributed by atoms with E-state index in [9.17, 15) is 18.4 Å². The number of likely N-dealkylation sites (tertiary alicyclic amines) is 1. The minimum Gasteiger partial charge on any atom is -0.450 e. The third kappa shape index (κ3) is 4.36. The number of fused-ring (bicyclic) bond motifs is 1. The van der Waals surface area contributed by atoms with E-state index in [0.29, 0.717) is 36.6 Å². The molecule has 1 aromatic rings. The van der Waals surface area contributed by atoms with Crippen molar-refractivity contribution in [2.45, 2.75) is 82.9 Å². The van der Waals surface area contributed by atoms with Gasteiger partial charge >= 0.3 is 5.97 Å². The van der Waals surface area contributed by atoms with E-state index in [4.69, 9.17) is 9.47 Å². The van der Waals surface area contributed by atoms with Crippen molar-refractivity contribution < 1.29 is 27.8 Å². The maximum absolute atomic E-state index is 14.1. The molecule has 0 bridgehead atoms. The van der Waals surface area contributed by atoms with Gasteiger partial charge in [-0.2, -0.15) is 0 Å². The molecule has 0 unspecified atom stereocenters. The first kappa shape index (κ1) is 25.3. The second kappa shape index (κ2) is 8.91. The van der Waals surface area contributed by atoms with Crippen molar-refractivity contribution >= 4 is 11.9 Å². The number of halogens is 2. The fourth-order valence-corrected chi connectivity index (χ4v) is 6.54. The average Bonchev–Trinajstić information content (AvgIpc) is 3.07. The molecule has 4 heterocycles. The summed E-state index contributed by atoms with van der Waals surface area (Å²) in [5, 5.41) is 0. The molecule has 2 saturated heterocycles. The molecule has 5 rings (SSSR count). The number of rotatable bonds is 3. The van der Waals surface area contributed by atoms with E-state index < -0.39 is 22.9 Å². The monoisotopic (exact) mass is 502 g/mol. The van der Waals surface area contributed by atoms with E-state index in [-0.39, 0.29) is 18.0 Å². The number of nitrogens with zero attached hydrogens (tertiary/aromatic N) is 2. The summed E-state index contributed by atoms with van der Waals surface area (Å²) >= 11 is 0. The van der Waals surface area contributed by atoms with Gasteiger partial charge in [0.05, 0.1) is 5.57 Å². The van der Waals surface area contributed by atoms with Crippen LogP contribution < -0.4 is 0 Å². The van der Waals surface area contributed by atoms with E-state index in [2.05, 4.69) is 4.90 Å². The van der Waals surface area contributed by atoms with Gasteiger partial charge in [-0.05, 0) is 37.0 Å². The van der Waals surface area contributed by atoms with Crippen LogP contribution in [0.3, 0.4) is 0 Å². The van der Waals surface area contributed by atoms with Gasteiger partial charge in [-0.15, -0.1) is 0 Å². The van der Waals surface area contributed by atoms with Gasteiger partial charge < -0.3 is 14.4 Å². The Hall–Kier alpha value is -2.32. The molecular weight excluding hydrogens is 466 g/mol. The van der Waals surface area contributed by atoms with Crippen molar-refractivity contribution in [3.05, 3.63) is 46.0 Å². The molecule has 0 saturated carbocycles. The number of hydrogen-bond donors (Lipinski definition) is 0. The van der Waals surface area contributed by atoms with Crippen molar-refractivity contribution in [2.24, 2.45) is 0 Å². The van der Waals surface area contributed by atoms with Gasteiger partial charge in [-0.1, -0.05) is 26.0 Å². The van der Waals surface area contributed by atoms with Gasteiger partial charge in [0, 0.05) is 81.8 Å². The third-order valence-electron chi connectivity index (χ3n) is 8.53. The molecule has 196 valence electrons. The number of amides is 1. The summed E-state index contributed by atoms with van der Waals surface area (Å²) in [5.41, 5.74) is 1.14.